The summed E-state index contributed by atoms with van der Waals surface area (Å²) in [7, 11) is 0. The number of rotatable bonds is 6. The minimum absolute atomic E-state index is 0.207. The van der Waals surface area contributed by atoms with Crippen LogP contribution in [0.4, 0.5) is 5.69 Å². The van der Waals surface area contributed by atoms with Crippen LogP contribution in [0.5, 0.6) is 5.75 Å². The molecule has 0 spiro atoms. The first-order valence-corrected chi connectivity index (χ1v) is 11.7. The van der Waals surface area contributed by atoms with Crippen molar-refractivity contribution >= 4 is 28.9 Å². The predicted molar refractivity (Wildman–Crippen MR) is 131 cm³/mol. The van der Waals surface area contributed by atoms with E-state index in [1.165, 1.54) is 0 Å². The average Bonchev–Trinajstić information content (AvgIpc) is 3.28. The first-order valence-electron chi connectivity index (χ1n) is 11.0. The molecular weight excluding hydrogens is 473 g/mol. The number of aromatic hydroxyl groups is 1. The zero-order valence-electron chi connectivity index (χ0n) is 18.3. The van der Waals surface area contributed by atoms with E-state index in [4.69, 9.17) is 23.2 Å². The van der Waals surface area contributed by atoms with E-state index in [9.17, 15) is 5.11 Å². The van der Waals surface area contributed by atoms with Gasteiger partial charge in [0, 0.05) is 38.6 Å². The van der Waals surface area contributed by atoms with E-state index in [1.54, 1.807) is 24.5 Å². The van der Waals surface area contributed by atoms with Crippen LogP contribution < -0.4 is 4.90 Å². The van der Waals surface area contributed by atoms with Crippen LogP contribution >= 0.6 is 23.2 Å². The highest BCUT2D eigenvalue weighted by atomic mass is 35.5. The number of pyridine rings is 1. The van der Waals surface area contributed by atoms with Crippen LogP contribution in [0.15, 0.2) is 67.0 Å². The maximum Gasteiger partial charge on any atom is 0.173 e. The predicted octanol–water partition coefficient (Wildman–Crippen LogP) is 4.04. The van der Waals surface area contributed by atoms with Crippen molar-refractivity contribution in [3.05, 3.63) is 94.0 Å². The number of phenols is 1. The van der Waals surface area contributed by atoms with Gasteiger partial charge in [-0.2, -0.15) is 0 Å². The van der Waals surface area contributed by atoms with Crippen molar-refractivity contribution in [2.24, 2.45) is 0 Å². The molecule has 1 fully saturated rings. The molecule has 0 bridgehead atoms. The summed E-state index contributed by atoms with van der Waals surface area (Å²) in [6, 6.07) is 17.1. The molecule has 5 rings (SSSR count). The van der Waals surface area contributed by atoms with Gasteiger partial charge in [-0.05, 0) is 33.7 Å². The van der Waals surface area contributed by atoms with Gasteiger partial charge in [-0.1, -0.05) is 65.7 Å². The standard InChI is InChI=1S/C24H23Cl2N7O/c25-20-14-27-15-21(26)23(20)32-11-9-31(10-12-32)22(18-7-4-8-19(34)13-18)24-28-29-30-33(24)16-17-5-2-1-3-6-17/h1-8,13-15,22,34H,9-12,16H2. The van der Waals surface area contributed by atoms with Gasteiger partial charge in [0.1, 0.15) is 5.75 Å². The fourth-order valence-corrected chi connectivity index (χ4v) is 5.01. The third-order valence-corrected chi connectivity index (χ3v) is 6.54. The van der Waals surface area contributed by atoms with Gasteiger partial charge in [0.25, 0.3) is 0 Å². The zero-order chi connectivity index (χ0) is 23.5. The Labute approximate surface area is 207 Å². The van der Waals surface area contributed by atoms with E-state index in [1.807, 2.05) is 35.0 Å². The van der Waals surface area contributed by atoms with Crippen LogP contribution in [0.2, 0.25) is 10.0 Å². The molecule has 0 saturated carbocycles. The van der Waals surface area contributed by atoms with Gasteiger partial charge in [-0.3, -0.25) is 9.88 Å². The normalized spacial score (nSPS) is 15.4. The van der Waals surface area contributed by atoms with Gasteiger partial charge < -0.3 is 10.0 Å². The molecule has 10 heteroatoms. The SMILES string of the molecule is Oc1cccc(C(c2nnnn2Cc2ccccc2)N2CCN(c3c(Cl)cncc3Cl)CC2)c1. The van der Waals surface area contributed by atoms with Crippen molar-refractivity contribution < 1.29 is 5.11 Å². The third kappa shape index (κ3) is 4.70. The van der Waals surface area contributed by atoms with E-state index in [0.29, 0.717) is 16.6 Å². The highest BCUT2D eigenvalue weighted by Gasteiger charge is 2.31. The molecule has 1 saturated heterocycles. The summed E-state index contributed by atoms with van der Waals surface area (Å²) in [5.74, 6) is 0.932. The van der Waals surface area contributed by atoms with Gasteiger partial charge in [-0.25, -0.2) is 4.68 Å². The molecule has 174 valence electrons. The Balaban J connectivity index is 1.44. The van der Waals surface area contributed by atoms with Crippen molar-refractivity contribution in [3.63, 3.8) is 0 Å². The Hall–Kier alpha value is -3.20. The highest BCUT2D eigenvalue weighted by molar-refractivity contribution is 6.38. The molecule has 2 aromatic heterocycles. The Bertz CT molecular complexity index is 1240. The molecule has 0 amide bonds. The van der Waals surface area contributed by atoms with Crippen LogP contribution in [-0.2, 0) is 6.54 Å². The topological polar surface area (TPSA) is 83.2 Å². The summed E-state index contributed by atoms with van der Waals surface area (Å²) in [4.78, 5) is 8.56. The van der Waals surface area contributed by atoms with E-state index < -0.39 is 0 Å². The van der Waals surface area contributed by atoms with E-state index >= 15 is 0 Å². The van der Waals surface area contributed by atoms with Gasteiger partial charge in [-0.15, -0.1) is 5.10 Å². The van der Waals surface area contributed by atoms with Gasteiger partial charge in [0.15, 0.2) is 5.82 Å². The lowest BCUT2D eigenvalue weighted by Crippen LogP contribution is -2.48. The van der Waals surface area contributed by atoms with Gasteiger partial charge in [0.05, 0.1) is 28.3 Å². The van der Waals surface area contributed by atoms with Crippen LogP contribution in [0.3, 0.4) is 0 Å². The van der Waals surface area contributed by atoms with E-state index in [0.717, 1.165) is 48.8 Å². The van der Waals surface area contributed by atoms with Crippen LogP contribution in [0.25, 0.3) is 0 Å². The van der Waals surface area contributed by atoms with Crippen LogP contribution in [0.1, 0.15) is 23.0 Å². The summed E-state index contributed by atoms with van der Waals surface area (Å²) >= 11 is 12.8. The maximum atomic E-state index is 10.2. The Kier molecular flexibility index (Phi) is 6.62. The first kappa shape index (κ1) is 22.6. The summed E-state index contributed by atoms with van der Waals surface area (Å²) in [6.07, 6.45) is 3.23. The first-order chi connectivity index (χ1) is 16.6. The molecule has 1 N–H and O–H groups in total. The number of tetrazole rings is 1. The number of benzene rings is 2. The Morgan fingerprint density at radius 1 is 0.912 bits per heavy atom. The molecule has 1 aliphatic heterocycles. The van der Waals surface area contributed by atoms with E-state index in [-0.39, 0.29) is 11.8 Å². The average molecular weight is 496 g/mol. The fourth-order valence-electron chi connectivity index (χ4n) is 4.40. The molecule has 1 unspecified atom stereocenters. The Morgan fingerprint density at radius 2 is 1.65 bits per heavy atom. The molecule has 34 heavy (non-hydrogen) atoms. The van der Waals surface area contributed by atoms with Crippen molar-refractivity contribution in [1.82, 2.24) is 30.1 Å². The monoisotopic (exact) mass is 495 g/mol. The highest BCUT2D eigenvalue weighted by Crippen LogP contribution is 2.35. The third-order valence-electron chi connectivity index (χ3n) is 5.99. The van der Waals surface area contributed by atoms with E-state index in [2.05, 4.69) is 42.4 Å². The number of halogens is 2. The van der Waals surface area contributed by atoms with Crippen molar-refractivity contribution in [1.29, 1.82) is 0 Å². The van der Waals surface area contributed by atoms with Crippen LogP contribution in [0, 0.1) is 0 Å². The van der Waals surface area contributed by atoms with Crippen molar-refractivity contribution in [2.75, 3.05) is 31.1 Å². The lowest BCUT2D eigenvalue weighted by molar-refractivity contribution is 0.201. The van der Waals surface area contributed by atoms with Gasteiger partial charge in [0.2, 0.25) is 0 Å². The molecular formula is C24H23Cl2N7O. The number of aromatic nitrogens is 5. The molecule has 0 aliphatic carbocycles. The largest absolute Gasteiger partial charge is 0.508 e. The molecule has 4 aromatic rings. The summed E-state index contributed by atoms with van der Waals surface area (Å²) in [6.45, 7) is 3.46. The fraction of sp³-hybridized carbons (Fsp3) is 0.250. The second kappa shape index (κ2) is 9.97. The molecule has 3 heterocycles. The molecule has 0 radical (unpaired) electrons. The summed E-state index contributed by atoms with van der Waals surface area (Å²) in [5.41, 5.74) is 2.84. The summed E-state index contributed by atoms with van der Waals surface area (Å²) < 4.78 is 1.83. The number of piperazine rings is 1. The lowest BCUT2D eigenvalue weighted by atomic mass is 10.0. The van der Waals surface area contributed by atoms with Crippen LogP contribution in [-0.4, -0.2) is 61.4 Å². The van der Waals surface area contributed by atoms with Crippen molar-refractivity contribution in [3.8, 4) is 5.75 Å². The van der Waals surface area contributed by atoms with Gasteiger partial charge >= 0.3 is 0 Å². The summed E-state index contributed by atoms with van der Waals surface area (Å²) in [5, 5.41) is 24.0. The number of hydrogen-bond donors (Lipinski definition) is 1. The quantitative estimate of drug-likeness (QED) is 0.432. The number of phenolic OH excluding ortho intramolecular Hbond substituents is 1. The lowest BCUT2D eigenvalue weighted by Gasteiger charge is -2.40. The number of anilines is 1. The Morgan fingerprint density at radius 3 is 2.35 bits per heavy atom. The minimum Gasteiger partial charge on any atom is -0.508 e. The molecule has 1 atom stereocenters. The second-order valence-corrected chi connectivity index (χ2v) is 8.97. The smallest absolute Gasteiger partial charge is 0.173 e. The maximum absolute atomic E-state index is 10.2. The molecule has 8 nitrogen and oxygen atoms in total. The minimum atomic E-state index is -0.226. The molecule has 2 aromatic carbocycles. The number of hydrogen-bond acceptors (Lipinski definition) is 7. The number of nitrogens with zero attached hydrogens (tertiary/aromatic N) is 7. The molecule has 1 aliphatic rings. The second-order valence-electron chi connectivity index (χ2n) is 8.15. The zero-order valence-corrected chi connectivity index (χ0v) is 19.8. The van der Waals surface area contributed by atoms with Crippen molar-refractivity contribution in [2.45, 2.75) is 12.6 Å².